The number of aromatic nitrogens is 2. The summed E-state index contributed by atoms with van der Waals surface area (Å²) in [6.45, 7) is 7.38. The minimum atomic E-state index is 0.184. The SMILES string of the molecule is Cc1ccc(CN2CCn3c(CNC(=O)C4CC4)cnc3C2C)o1. The molecule has 6 heteroatoms. The van der Waals surface area contributed by atoms with Gasteiger partial charge in [-0.3, -0.25) is 9.69 Å². The van der Waals surface area contributed by atoms with Gasteiger partial charge in [0.25, 0.3) is 0 Å². The van der Waals surface area contributed by atoms with Gasteiger partial charge in [0.2, 0.25) is 5.91 Å². The molecule has 1 unspecified atom stereocenters. The fourth-order valence-corrected chi connectivity index (χ4v) is 3.40. The zero-order valence-electron chi connectivity index (χ0n) is 14.3. The Balaban J connectivity index is 1.43. The smallest absolute Gasteiger partial charge is 0.223 e. The van der Waals surface area contributed by atoms with Crippen molar-refractivity contribution in [1.29, 1.82) is 0 Å². The maximum atomic E-state index is 11.8. The molecule has 0 bridgehead atoms. The molecular formula is C18H24N4O2. The summed E-state index contributed by atoms with van der Waals surface area (Å²) in [6, 6.07) is 4.28. The molecule has 0 saturated heterocycles. The lowest BCUT2D eigenvalue weighted by atomic mass is 10.2. The molecule has 1 atom stereocenters. The molecule has 1 amide bonds. The maximum Gasteiger partial charge on any atom is 0.223 e. The van der Waals surface area contributed by atoms with Gasteiger partial charge in [-0.15, -0.1) is 0 Å². The van der Waals surface area contributed by atoms with Crippen LogP contribution in [0, 0.1) is 12.8 Å². The second-order valence-corrected chi connectivity index (χ2v) is 6.91. The molecule has 1 aliphatic carbocycles. The normalized spacial score (nSPS) is 20.8. The number of carbonyl (C=O) groups is 1. The van der Waals surface area contributed by atoms with E-state index in [0.29, 0.717) is 6.54 Å². The molecule has 4 rings (SSSR count). The van der Waals surface area contributed by atoms with E-state index in [2.05, 4.69) is 26.7 Å². The molecule has 6 nitrogen and oxygen atoms in total. The number of amides is 1. The Hall–Kier alpha value is -2.08. The number of nitrogens with zero attached hydrogens (tertiary/aromatic N) is 3. The van der Waals surface area contributed by atoms with Crippen LogP contribution >= 0.6 is 0 Å². The van der Waals surface area contributed by atoms with Gasteiger partial charge >= 0.3 is 0 Å². The van der Waals surface area contributed by atoms with Crippen LogP contribution in [0.4, 0.5) is 0 Å². The molecule has 0 spiro atoms. The highest BCUT2D eigenvalue weighted by molar-refractivity contribution is 5.80. The lowest BCUT2D eigenvalue weighted by Gasteiger charge is -2.33. The summed E-state index contributed by atoms with van der Waals surface area (Å²) >= 11 is 0. The number of hydrogen-bond acceptors (Lipinski definition) is 4. The van der Waals surface area contributed by atoms with E-state index >= 15 is 0 Å². The Morgan fingerprint density at radius 1 is 1.38 bits per heavy atom. The van der Waals surface area contributed by atoms with E-state index in [9.17, 15) is 4.79 Å². The molecule has 2 aromatic heterocycles. The van der Waals surface area contributed by atoms with E-state index in [1.54, 1.807) is 0 Å². The van der Waals surface area contributed by atoms with Crippen LogP contribution in [0.15, 0.2) is 22.7 Å². The van der Waals surface area contributed by atoms with Gasteiger partial charge < -0.3 is 14.3 Å². The molecule has 128 valence electrons. The number of carbonyl (C=O) groups excluding carboxylic acids is 1. The second-order valence-electron chi connectivity index (χ2n) is 6.91. The topological polar surface area (TPSA) is 63.3 Å². The van der Waals surface area contributed by atoms with Gasteiger partial charge in [0.1, 0.15) is 17.3 Å². The summed E-state index contributed by atoms with van der Waals surface area (Å²) in [5.74, 6) is 3.45. The quantitative estimate of drug-likeness (QED) is 0.915. The van der Waals surface area contributed by atoms with E-state index in [1.807, 2.05) is 25.3 Å². The summed E-state index contributed by atoms with van der Waals surface area (Å²) in [4.78, 5) is 18.8. The van der Waals surface area contributed by atoms with E-state index in [0.717, 1.165) is 55.5 Å². The lowest BCUT2D eigenvalue weighted by Crippen LogP contribution is -2.37. The Labute approximate surface area is 141 Å². The highest BCUT2D eigenvalue weighted by Crippen LogP contribution is 2.29. The van der Waals surface area contributed by atoms with Crippen molar-refractivity contribution in [3.05, 3.63) is 41.4 Å². The predicted octanol–water partition coefficient (Wildman–Crippen LogP) is 2.39. The summed E-state index contributed by atoms with van der Waals surface area (Å²) in [5.41, 5.74) is 1.10. The second kappa shape index (κ2) is 6.09. The third-order valence-corrected chi connectivity index (χ3v) is 5.05. The monoisotopic (exact) mass is 328 g/mol. The molecule has 0 radical (unpaired) electrons. The van der Waals surface area contributed by atoms with E-state index in [4.69, 9.17) is 4.42 Å². The molecule has 2 aromatic rings. The number of fused-ring (bicyclic) bond motifs is 1. The molecule has 1 N–H and O–H groups in total. The molecule has 0 aromatic carbocycles. The summed E-state index contributed by atoms with van der Waals surface area (Å²) in [6.07, 6.45) is 3.97. The van der Waals surface area contributed by atoms with E-state index in [1.165, 1.54) is 0 Å². The zero-order valence-corrected chi connectivity index (χ0v) is 14.3. The Bertz CT molecular complexity index is 744. The highest BCUT2D eigenvalue weighted by Gasteiger charge is 2.30. The molecule has 1 fully saturated rings. The van der Waals surface area contributed by atoms with Crippen LogP contribution in [0.25, 0.3) is 0 Å². The molecule has 1 aliphatic heterocycles. The van der Waals surface area contributed by atoms with Crippen LogP contribution in [0.2, 0.25) is 0 Å². The van der Waals surface area contributed by atoms with Crippen molar-refractivity contribution < 1.29 is 9.21 Å². The first-order chi connectivity index (χ1) is 11.6. The van der Waals surface area contributed by atoms with Crippen molar-refractivity contribution >= 4 is 5.91 Å². The maximum absolute atomic E-state index is 11.8. The van der Waals surface area contributed by atoms with Crippen LogP contribution < -0.4 is 5.32 Å². The standard InChI is InChI=1S/C18H24N4O2/c1-12-3-6-16(24-12)11-21-7-8-22-15(9-19-17(22)13(21)2)10-20-18(23)14-4-5-14/h3,6,9,13-14H,4-5,7-8,10-11H2,1-2H3,(H,20,23). The van der Waals surface area contributed by atoms with Crippen molar-refractivity contribution in [1.82, 2.24) is 19.8 Å². The first kappa shape index (κ1) is 15.4. The van der Waals surface area contributed by atoms with Crippen LogP contribution in [0.3, 0.4) is 0 Å². The largest absolute Gasteiger partial charge is 0.465 e. The van der Waals surface area contributed by atoms with Crippen molar-refractivity contribution in [3.8, 4) is 0 Å². The van der Waals surface area contributed by atoms with Crippen LogP contribution in [0.5, 0.6) is 0 Å². The zero-order chi connectivity index (χ0) is 16.7. The van der Waals surface area contributed by atoms with Gasteiger partial charge in [-0.2, -0.15) is 0 Å². The third kappa shape index (κ3) is 2.98. The first-order valence-electron chi connectivity index (χ1n) is 8.73. The van der Waals surface area contributed by atoms with Gasteiger partial charge in [0, 0.05) is 19.0 Å². The average molecular weight is 328 g/mol. The Morgan fingerprint density at radius 2 is 2.21 bits per heavy atom. The third-order valence-electron chi connectivity index (χ3n) is 5.05. The van der Waals surface area contributed by atoms with Crippen LogP contribution in [0.1, 0.15) is 48.8 Å². The van der Waals surface area contributed by atoms with Gasteiger partial charge in [-0.05, 0) is 38.8 Å². The van der Waals surface area contributed by atoms with Crippen molar-refractivity contribution in [3.63, 3.8) is 0 Å². The molecule has 2 aliphatic rings. The van der Waals surface area contributed by atoms with Crippen molar-refractivity contribution in [2.45, 2.75) is 52.4 Å². The molecule has 24 heavy (non-hydrogen) atoms. The van der Waals surface area contributed by atoms with Crippen molar-refractivity contribution in [2.24, 2.45) is 5.92 Å². The highest BCUT2D eigenvalue weighted by atomic mass is 16.3. The number of furan rings is 1. The first-order valence-corrected chi connectivity index (χ1v) is 8.73. The molecule has 1 saturated carbocycles. The Morgan fingerprint density at radius 3 is 2.92 bits per heavy atom. The number of nitrogens with one attached hydrogen (secondary N) is 1. The summed E-state index contributed by atoms with van der Waals surface area (Å²) < 4.78 is 7.96. The summed E-state index contributed by atoms with van der Waals surface area (Å²) in [7, 11) is 0. The minimum Gasteiger partial charge on any atom is -0.465 e. The van der Waals surface area contributed by atoms with Gasteiger partial charge in [-0.25, -0.2) is 4.98 Å². The molecule has 3 heterocycles. The van der Waals surface area contributed by atoms with Gasteiger partial charge in [0.15, 0.2) is 0 Å². The number of hydrogen-bond donors (Lipinski definition) is 1. The van der Waals surface area contributed by atoms with Gasteiger partial charge in [0.05, 0.1) is 31.0 Å². The summed E-state index contributed by atoms with van der Waals surface area (Å²) in [5, 5.41) is 3.04. The van der Waals surface area contributed by atoms with Crippen LogP contribution in [-0.2, 0) is 24.4 Å². The van der Waals surface area contributed by atoms with Crippen LogP contribution in [-0.4, -0.2) is 26.9 Å². The fourth-order valence-electron chi connectivity index (χ4n) is 3.40. The predicted molar refractivity (Wildman–Crippen MR) is 89.1 cm³/mol. The van der Waals surface area contributed by atoms with Gasteiger partial charge in [-0.1, -0.05) is 0 Å². The number of imidazole rings is 1. The van der Waals surface area contributed by atoms with E-state index < -0.39 is 0 Å². The van der Waals surface area contributed by atoms with E-state index in [-0.39, 0.29) is 17.9 Å². The average Bonchev–Trinajstić information content (AvgIpc) is 3.22. The molecular weight excluding hydrogens is 304 g/mol. The number of rotatable bonds is 5. The Kier molecular flexibility index (Phi) is 3.92. The fraction of sp³-hybridized carbons (Fsp3) is 0.556. The minimum absolute atomic E-state index is 0.184. The van der Waals surface area contributed by atoms with Crippen molar-refractivity contribution in [2.75, 3.05) is 6.54 Å². The lowest BCUT2D eigenvalue weighted by molar-refractivity contribution is -0.122. The number of aryl methyl sites for hydroxylation is 1.